The van der Waals surface area contributed by atoms with Gasteiger partial charge in [0.05, 0.1) is 0 Å². The van der Waals surface area contributed by atoms with Crippen molar-refractivity contribution in [3.63, 3.8) is 0 Å². The minimum absolute atomic E-state index is 0.0203. The molecule has 0 aliphatic carbocycles. The highest BCUT2D eigenvalue weighted by Gasteiger charge is 2.27. The molecule has 0 spiro atoms. The Hall–Kier alpha value is -1.26. The van der Waals surface area contributed by atoms with Crippen molar-refractivity contribution < 1.29 is 9.59 Å². The van der Waals surface area contributed by atoms with Crippen LogP contribution in [-0.2, 0) is 4.79 Å². The molecule has 1 aliphatic rings. The summed E-state index contributed by atoms with van der Waals surface area (Å²) in [6.45, 7) is 9.31. The van der Waals surface area contributed by atoms with E-state index in [4.69, 9.17) is 0 Å². The van der Waals surface area contributed by atoms with E-state index in [9.17, 15) is 9.59 Å². The Labute approximate surface area is 116 Å². The predicted octanol–water partition coefficient (Wildman–Crippen LogP) is 1.73. The maximum atomic E-state index is 12.3. The quantitative estimate of drug-likeness (QED) is 0.816. The number of rotatable bonds is 4. The fourth-order valence-electron chi connectivity index (χ4n) is 2.28. The number of nitrogens with zero attached hydrogens (tertiary/aromatic N) is 1. The third kappa shape index (κ3) is 5.09. The Bertz CT molecular complexity index is 318. The number of likely N-dealkylation sites (tertiary alicyclic amines) is 1. The van der Waals surface area contributed by atoms with Crippen LogP contribution < -0.4 is 10.6 Å². The molecule has 0 aromatic carbocycles. The van der Waals surface area contributed by atoms with Gasteiger partial charge in [-0.15, -0.1) is 0 Å². The molecular weight excluding hydrogens is 242 g/mol. The first-order valence-corrected chi connectivity index (χ1v) is 7.26. The number of piperidine rings is 1. The van der Waals surface area contributed by atoms with E-state index in [-0.39, 0.29) is 18.0 Å². The lowest BCUT2D eigenvalue weighted by Gasteiger charge is -2.35. The maximum absolute atomic E-state index is 12.3. The number of carbonyl (C=O) groups excluding carboxylic acids is 2. The van der Waals surface area contributed by atoms with Crippen LogP contribution in [0.25, 0.3) is 0 Å². The number of carbonyl (C=O) groups is 2. The van der Waals surface area contributed by atoms with E-state index in [2.05, 4.69) is 17.6 Å². The highest BCUT2D eigenvalue weighted by Crippen LogP contribution is 2.17. The van der Waals surface area contributed by atoms with Crippen molar-refractivity contribution in [2.75, 3.05) is 13.1 Å². The summed E-state index contributed by atoms with van der Waals surface area (Å²) in [6.07, 6.45) is 3.29. The molecule has 5 heteroatoms. The van der Waals surface area contributed by atoms with Crippen molar-refractivity contribution in [1.82, 2.24) is 15.5 Å². The minimum atomic E-state index is -0.465. The molecule has 3 amide bonds. The van der Waals surface area contributed by atoms with Crippen LogP contribution in [0.4, 0.5) is 4.79 Å². The second-order valence-corrected chi connectivity index (χ2v) is 5.85. The molecule has 19 heavy (non-hydrogen) atoms. The van der Waals surface area contributed by atoms with Crippen molar-refractivity contribution in [2.45, 2.75) is 59.0 Å². The second kappa shape index (κ2) is 7.36. The molecule has 1 aliphatic heterocycles. The smallest absolute Gasteiger partial charge is 0.315 e. The topological polar surface area (TPSA) is 61.4 Å². The van der Waals surface area contributed by atoms with Crippen LogP contribution in [0.2, 0.25) is 0 Å². The minimum Gasteiger partial charge on any atom is -0.338 e. The zero-order chi connectivity index (χ0) is 14.4. The Balaban J connectivity index is 2.41. The number of hydrogen-bond donors (Lipinski definition) is 2. The van der Waals surface area contributed by atoms with Gasteiger partial charge in [-0.05, 0) is 39.0 Å². The van der Waals surface area contributed by atoms with Crippen LogP contribution in [0, 0.1) is 5.92 Å². The molecule has 110 valence electrons. The molecule has 1 heterocycles. The third-order valence-electron chi connectivity index (χ3n) is 3.47. The van der Waals surface area contributed by atoms with E-state index in [0.717, 1.165) is 19.4 Å². The Kier molecular flexibility index (Phi) is 6.12. The van der Waals surface area contributed by atoms with Crippen LogP contribution in [-0.4, -0.2) is 42.0 Å². The van der Waals surface area contributed by atoms with Crippen molar-refractivity contribution in [3.8, 4) is 0 Å². The third-order valence-corrected chi connectivity index (χ3v) is 3.47. The number of urea groups is 1. The zero-order valence-electron chi connectivity index (χ0n) is 12.5. The standard InChI is InChI=1S/C14H27N3O2/c1-10(2)9-15-14(19)16-12(4)13(18)17-8-6-5-7-11(17)3/h10-12H,5-9H2,1-4H3,(H2,15,16,19)/t11-,12+/m1/s1. The van der Waals surface area contributed by atoms with E-state index in [1.165, 1.54) is 6.42 Å². The summed E-state index contributed by atoms with van der Waals surface area (Å²) < 4.78 is 0. The molecule has 1 saturated heterocycles. The number of hydrogen-bond acceptors (Lipinski definition) is 2. The summed E-state index contributed by atoms with van der Waals surface area (Å²) in [6, 6.07) is -0.448. The van der Waals surface area contributed by atoms with Gasteiger partial charge in [-0.1, -0.05) is 13.8 Å². The monoisotopic (exact) mass is 269 g/mol. The summed E-state index contributed by atoms with van der Waals surface area (Å²) in [5, 5.41) is 5.47. The normalized spacial score (nSPS) is 21.1. The molecule has 2 atom stereocenters. The fourth-order valence-corrected chi connectivity index (χ4v) is 2.28. The molecule has 0 aromatic rings. The van der Waals surface area contributed by atoms with Crippen molar-refractivity contribution in [2.24, 2.45) is 5.92 Å². The van der Waals surface area contributed by atoms with Gasteiger partial charge in [0, 0.05) is 19.1 Å². The average molecular weight is 269 g/mol. The molecule has 1 rings (SSSR count). The summed E-state index contributed by atoms with van der Waals surface area (Å²) in [4.78, 5) is 25.8. The Morgan fingerprint density at radius 1 is 1.26 bits per heavy atom. The Morgan fingerprint density at radius 3 is 2.53 bits per heavy atom. The molecular formula is C14H27N3O2. The maximum Gasteiger partial charge on any atom is 0.315 e. The van der Waals surface area contributed by atoms with Crippen molar-refractivity contribution in [1.29, 1.82) is 0 Å². The molecule has 1 fully saturated rings. The molecule has 0 unspecified atom stereocenters. The van der Waals surface area contributed by atoms with E-state index >= 15 is 0 Å². The lowest BCUT2D eigenvalue weighted by Crippen LogP contribution is -2.53. The number of amides is 3. The predicted molar refractivity (Wildman–Crippen MR) is 75.9 cm³/mol. The molecule has 0 saturated carbocycles. The van der Waals surface area contributed by atoms with E-state index in [0.29, 0.717) is 12.5 Å². The SMILES string of the molecule is CC(C)CNC(=O)N[C@@H](C)C(=O)N1CCCC[C@H]1C. The second-order valence-electron chi connectivity index (χ2n) is 5.85. The van der Waals surface area contributed by atoms with Crippen molar-refractivity contribution in [3.05, 3.63) is 0 Å². The zero-order valence-corrected chi connectivity index (χ0v) is 12.5. The van der Waals surface area contributed by atoms with E-state index < -0.39 is 6.04 Å². The lowest BCUT2D eigenvalue weighted by molar-refractivity contribution is -0.136. The highest BCUT2D eigenvalue weighted by molar-refractivity contribution is 5.86. The van der Waals surface area contributed by atoms with Gasteiger partial charge < -0.3 is 15.5 Å². The number of nitrogens with one attached hydrogen (secondary N) is 2. The van der Waals surface area contributed by atoms with Crippen molar-refractivity contribution >= 4 is 11.9 Å². The van der Waals surface area contributed by atoms with Crippen LogP contribution in [0.1, 0.15) is 47.0 Å². The van der Waals surface area contributed by atoms with Crippen LogP contribution in [0.5, 0.6) is 0 Å². The van der Waals surface area contributed by atoms with E-state index in [1.807, 2.05) is 18.7 Å². The average Bonchev–Trinajstić information content (AvgIpc) is 2.36. The first kappa shape index (κ1) is 15.8. The summed E-state index contributed by atoms with van der Waals surface area (Å²) >= 11 is 0. The molecule has 2 N–H and O–H groups in total. The first-order valence-electron chi connectivity index (χ1n) is 7.26. The van der Waals surface area contributed by atoms with Gasteiger partial charge in [-0.25, -0.2) is 4.79 Å². The summed E-state index contributed by atoms with van der Waals surface area (Å²) in [5.41, 5.74) is 0. The van der Waals surface area contributed by atoms with Crippen LogP contribution in [0.3, 0.4) is 0 Å². The van der Waals surface area contributed by atoms with Gasteiger partial charge >= 0.3 is 6.03 Å². The molecule has 0 aromatic heterocycles. The molecule has 5 nitrogen and oxygen atoms in total. The fraction of sp³-hybridized carbons (Fsp3) is 0.857. The van der Waals surface area contributed by atoms with Crippen LogP contribution >= 0.6 is 0 Å². The molecule has 0 bridgehead atoms. The van der Waals surface area contributed by atoms with Crippen LogP contribution in [0.15, 0.2) is 0 Å². The lowest BCUT2D eigenvalue weighted by atomic mass is 10.0. The first-order chi connectivity index (χ1) is 8.91. The van der Waals surface area contributed by atoms with Gasteiger partial charge in [0.25, 0.3) is 0 Å². The summed E-state index contributed by atoms with van der Waals surface area (Å²) in [7, 11) is 0. The van der Waals surface area contributed by atoms with Gasteiger partial charge in [-0.2, -0.15) is 0 Å². The van der Waals surface area contributed by atoms with E-state index in [1.54, 1.807) is 6.92 Å². The van der Waals surface area contributed by atoms with Gasteiger partial charge in [0.1, 0.15) is 6.04 Å². The largest absolute Gasteiger partial charge is 0.338 e. The van der Waals surface area contributed by atoms with Gasteiger partial charge in [0.2, 0.25) is 5.91 Å². The Morgan fingerprint density at radius 2 is 1.95 bits per heavy atom. The summed E-state index contributed by atoms with van der Waals surface area (Å²) in [5.74, 6) is 0.422. The highest BCUT2D eigenvalue weighted by atomic mass is 16.2. The van der Waals surface area contributed by atoms with Gasteiger partial charge in [-0.3, -0.25) is 4.79 Å². The molecule has 0 radical (unpaired) electrons. The van der Waals surface area contributed by atoms with Gasteiger partial charge in [0.15, 0.2) is 0 Å².